The molecular weight excluding hydrogens is 290 g/mol. The van der Waals surface area contributed by atoms with Crippen LogP contribution in [0, 0.1) is 5.92 Å². The summed E-state index contributed by atoms with van der Waals surface area (Å²) in [6.45, 7) is 6.06. The van der Waals surface area contributed by atoms with E-state index in [4.69, 9.17) is 4.74 Å². The second-order valence-electron chi connectivity index (χ2n) is 6.62. The molecule has 0 amide bonds. The number of hydrogen-bond acceptors (Lipinski definition) is 4. The van der Waals surface area contributed by atoms with Crippen molar-refractivity contribution in [2.24, 2.45) is 5.92 Å². The maximum atomic E-state index is 12.8. The van der Waals surface area contributed by atoms with E-state index in [1.807, 2.05) is 18.2 Å². The molecule has 4 nitrogen and oxygen atoms in total. The Kier molecular flexibility index (Phi) is 4.55. The van der Waals surface area contributed by atoms with Gasteiger partial charge < -0.3 is 9.84 Å². The third kappa shape index (κ3) is 2.93. The normalized spacial score (nSPS) is 32.7. The van der Waals surface area contributed by atoms with E-state index in [2.05, 4.69) is 11.8 Å². The van der Waals surface area contributed by atoms with E-state index in [0.29, 0.717) is 11.5 Å². The molecule has 4 rings (SSSR count). The Morgan fingerprint density at radius 2 is 1.96 bits per heavy atom. The summed E-state index contributed by atoms with van der Waals surface area (Å²) < 4.78 is 5.83. The number of ether oxygens (including phenoxy) is 1. The van der Waals surface area contributed by atoms with Gasteiger partial charge in [-0.1, -0.05) is 36.4 Å². The summed E-state index contributed by atoms with van der Waals surface area (Å²) >= 11 is 0. The van der Waals surface area contributed by atoms with Crippen molar-refractivity contribution in [3.8, 4) is 0 Å². The molecule has 1 aromatic carbocycles. The highest BCUT2D eigenvalue weighted by atomic mass is 16.6. The fourth-order valence-electron chi connectivity index (χ4n) is 3.88. The molecule has 0 aromatic heterocycles. The lowest BCUT2D eigenvalue weighted by Crippen LogP contribution is -2.58. The molecule has 3 aliphatic heterocycles. The number of hydrogen-bond donors (Lipinski definition) is 1. The van der Waals surface area contributed by atoms with Gasteiger partial charge in [-0.3, -0.25) is 4.90 Å². The molecule has 3 aliphatic rings. The van der Waals surface area contributed by atoms with Crippen molar-refractivity contribution in [1.82, 2.24) is 4.90 Å². The number of allylic oxidation sites excluding steroid dienone is 1. The predicted molar refractivity (Wildman–Crippen MR) is 88.8 cm³/mol. The summed E-state index contributed by atoms with van der Waals surface area (Å²) in [5, 5.41) is 11.0. The number of piperidine rings is 3. The van der Waals surface area contributed by atoms with E-state index in [1.165, 1.54) is 6.08 Å². The molecule has 124 valence electrons. The average molecular weight is 315 g/mol. The van der Waals surface area contributed by atoms with Gasteiger partial charge in [-0.25, -0.2) is 4.79 Å². The van der Waals surface area contributed by atoms with Crippen LogP contribution in [0.15, 0.2) is 42.5 Å². The first-order chi connectivity index (χ1) is 11.1. The molecule has 0 saturated carbocycles. The van der Waals surface area contributed by atoms with Crippen LogP contribution < -0.4 is 0 Å². The number of nitrogens with zero attached hydrogens (tertiary/aromatic N) is 1. The highest BCUT2D eigenvalue weighted by Gasteiger charge is 2.45. The van der Waals surface area contributed by atoms with Crippen molar-refractivity contribution < 1.29 is 14.6 Å². The summed E-state index contributed by atoms with van der Waals surface area (Å²) in [6.07, 6.45) is 5.20. The number of carbonyl (C=O) groups excluding carboxylic acids is 1. The molecule has 3 heterocycles. The predicted octanol–water partition coefficient (Wildman–Crippen LogP) is 2.48. The number of esters is 1. The highest BCUT2D eigenvalue weighted by molar-refractivity contribution is 5.83. The molecule has 0 aliphatic carbocycles. The van der Waals surface area contributed by atoms with Crippen molar-refractivity contribution in [2.45, 2.75) is 44.4 Å². The maximum absolute atomic E-state index is 12.8. The first kappa shape index (κ1) is 16.2. The molecule has 3 saturated heterocycles. The van der Waals surface area contributed by atoms with Gasteiger partial charge in [0.05, 0.1) is 0 Å². The number of aliphatic hydroxyl groups is 1. The van der Waals surface area contributed by atoms with Crippen molar-refractivity contribution in [1.29, 1.82) is 0 Å². The Balaban J connectivity index is 1.82. The van der Waals surface area contributed by atoms with Gasteiger partial charge in [0.2, 0.25) is 5.60 Å². The van der Waals surface area contributed by atoms with Gasteiger partial charge in [-0.2, -0.15) is 0 Å². The van der Waals surface area contributed by atoms with Crippen molar-refractivity contribution >= 4 is 5.97 Å². The lowest BCUT2D eigenvalue weighted by Gasteiger charge is -2.49. The minimum atomic E-state index is -1.72. The van der Waals surface area contributed by atoms with Crippen molar-refractivity contribution in [2.75, 3.05) is 13.1 Å². The standard InChI is InChI=1S/C19H25NO3/c1-3-11-19(22,16-7-5-4-6-8-16)18(21)23-17-14(2)20-12-9-15(17)10-13-20/h3-8,11,14-15,17,22H,9-10,12-13H2,1-2H3/b11-3-/t14-,17+,19?/m1/s1. The zero-order valence-corrected chi connectivity index (χ0v) is 13.8. The number of benzene rings is 1. The molecule has 1 unspecified atom stereocenters. The Morgan fingerprint density at radius 3 is 2.52 bits per heavy atom. The van der Waals surface area contributed by atoms with E-state index in [9.17, 15) is 9.90 Å². The van der Waals surface area contributed by atoms with Gasteiger partial charge >= 0.3 is 5.97 Å². The van der Waals surface area contributed by atoms with E-state index < -0.39 is 11.6 Å². The topological polar surface area (TPSA) is 49.8 Å². The van der Waals surface area contributed by atoms with Gasteiger partial charge in [0.25, 0.3) is 0 Å². The molecule has 23 heavy (non-hydrogen) atoms. The van der Waals surface area contributed by atoms with Crippen LogP contribution in [0.4, 0.5) is 0 Å². The molecule has 4 heteroatoms. The van der Waals surface area contributed by atoms with E-state index in [0.717, 1.165) is 25.9 Å². The Bertz CT molecular complexity index is 576. The quantitative estimate of drug-likeness (QED) is 0.685. The second kappa shape index (κ2) is 6.46. The lowest BCUT2D eigenvalue weighted by atomic mass is 9.81. The van der Waals surface area contributed by atoms with Gasteiger partial charge in [0, 0.05) is 6.04 Å². The largest absolute Gasteiger partial charge is 0.458 e. The molecule has 2 bridgehead atoms. The third-order valence-electron chi connectivity index (χ3n) is 5.27. The first-order valence-electron chi connectivity index (χ1n) is 8.43. The zero-order chi connectivity index (χ0) is 16.4. The smallest absolute Gasteiger partial charge is 0.347 e. The second-order valence-corrected chi connectivity index (χ2v) is 6.62. The summed E-state index contributed by atoms with van der Waals surface area (Å²) in [6, 6.07) is 9.21. The molecule has 1 N–H and O–H groups in total. The summed E-state index contributed by atoms with van der Waals surface area (Å²) in [4.78, 5) is 15.2. The Labute approximate surface area is 137 Å². The van der Waals surface area contributed by atoms with Crippen LogP contribution in [0.5, 0.6) is 0 Å². The average Bonchev–Trinajstić information content (AvgIpc) is 2.59. The first-order valence-corrected chi connectivity index (χ1v) is 8.43. The zero-order valence-electron chi connectivity index (χ0n) is 13.8. The number of fused-ring (bicyclic) bond motifs is 3. The summed E-state index contributed by atoms with van der Waals surface area (Å²) in [5.41, 5.74) is -1.18. The number of carbonyl (C=O) groups is 1. The molecule has 0 spiro atoms. The fourth-order valence-corrected chi connectivity index (χ4v) is 3.88. The van der Waals surface area contributed by atoms with Gasteiger partial charge in [0.1, 0.15) is 6.10 Å². The van der Waals surface area contributed by atoms with Crippen molar-refractivity contribution in [3.05, 3.63) is 48.0 Å². The Morgan fingerprint density at radius 1 is 1.30 bits per heavy atom. The lowest BCUT2D eigenvalue weighted by molar-refractivity contribution is -0.182. The van der Waals surface area contributed by atoms with Gasteiger partial charge in [0.15, 0.2) is 0 Å². The van der Waals surface area contributed by atoms with E-state index in [1.54, 1.807) is 25.1 Å². The SMILES string of the molecule is C/C=C\C(O)(C(=O)O[C@@H]1C2CCN(CC2)[C@@H]1C)c1ccccc1. The molecule has 0 radical (unpaired) electrons. The van der Waals surface area contributed by atoms with Crippen molar-refractivity contribution in [3.63, 3.8) is 0 Å². The van der Waals surface area contributed by atoms with Crippen LogP contribution in [0.25, 0.3) is 0 Å². The highest BCUT2D eigenvalue weighted by Crippen LogP contribution is 2.36. The van der Waals surface area contributed by atoms with Crippen LogP contribution >= 0.6 is 0 Å². The van der Waals surface area contributed by atoms with Gasteiger partial charge in [-0.05, 0) is 57.3 Å². The summed E-state index contributed by atoms with van der Waals surface area (Å²) in [5.74, 6) is -0.169. The number of rotatable bonds is 4. The Hall–Kier alpha value is -1.65. The monoisotopic (exact) mass is 315 g/mol. The maximum Gasteiger partial charge on any atom is 0.347 e. The third-order valence-corrected chi connectivity index (χ3v) is 5.27. The minimum Gasteiger partial charge on any atom is -0.458 e. The van der Waals surface area contributed by atoms with Crippen LogP contribution in [-0.4, -0.2) is 41.2 Å². The van der Waals surface area contributed by atoms with Crippen LogP contribution in [-0.2, 0) is 15.1 Å². The van der Waals surface area contributed by atoms with Crippen LogP contribution in [0.3, 0.4) is 0 Å². The molecular formula is C19H25NO3. The minimum absolute atomic E-state index is 0.134. The van der Waals surface area contributed by atoms with Crippen LogP contribution in [0.1, 0.15) is 32.3 Å². The van der Waals surface area contributed by atoms with Crippen LogP contribution in [0.2, 0.25) is 0 Å². The molecule has 3 atom stereocenters. The fraction of sp³-hybridized carbons (Fsp3) is 0.526. The van der Waals surface area contributed by atoms with E-state index in [-0.39, 0.29) is 12.1 Å². The van der Waals surface area contributed by atoms with Gasteiger partial charge in [-0.15, -0.1) is 0 Å². The molecule has 3 fully saturated rings. The molecule has 1 aromatic rings. The summed E-state index contributed by atoms with van der Waals surface area (Å²) in [7, 11) is 0. The van der Waals surface area contributed by atoms with E-state index >= 15 is 0 Å².